The second-order valence-electron chi connectivity index (χ2n) is 9.21. The van der Waals surface area contributed by atoms with Crippen molar-refractivity contribution in [2.75, 3.05) is 13.1 Å². The van der Waals surface area contributed by atoms with E-state index >= 15 is 0 Å². The van der Waals surface area contributed by atoms with E-state index in [1.165, 1.54) is 44.9 Å². The highest BCUT2D eigenvalue weighted by Crippen LogP contribution is 2.16. The molecule has 1 fully saturated rings. The zero-order chi connectivity index (χ0) is 21.5. The SMILES string of the molecule is CCCCCCCCCCC1CNC(CCCCNC(=O)OC(C)(C)C)C(=O)O1. The Hall–Kier alpha value is -1.30. The van der Waals surface area contributed by atoms with E-state index in [2.05, 4.69) is 17.6 Å². The third-order valence-corrected chi connectivity index (χ3v) is 5.13. The average molecular weight is 413 g/mol. The molecule has 0 aliphatic carbocycles. The maximum absolute atomic E-state index is 12.2. The monoisotopic (exact) mass is 412 g/mol. The number of carbonyl (C=O) groups is 2. The van der Waals surface area contributed by atoms with Gasteiger partial charge in [-0.25, -0.2) is 4.79 Å². The van der Waals surface area contributed by atoms with Gasteiger partial charge in [-0.1, -0.05) is 51.9 Å². The lowest BCUT2D eigenvalue weighted by Gasteiger charge is -2.29. The van der Waals surface area contributed by atoms with E-state index in [-0.39, 0.29) is 18.1 Å². The zero-order valence-electron chi connectivity index (χ0n) is 19.2. The van der Waals surface area contributed by atoms with Crippen LogP contribution in [0.1, 0.15) is 105 Å². The van der Waals surface area contributed by atoms with Crippen LogP contribution in [0.15, 0.2) is 0 Å². The summed E-state index contributed by atoms with van der Waals surface area (Å²) in [6, 6.07) is -0.216. The van der Waals surface area contributed by atoms with Gasteiger partial charge in [0, 0.05) is 13.1 Å². The second-order valence-corrected chi connectivity index (χ2v) is 9.21. The van der Waals surface area contributed by atoms with Gasteiger partial charge in [0.25, 0.3) is 0 Å². The Morgan fingerprint density at radius 3 is 2.28 bits per heavy atom. The number of alkyl carbamates (subject to hydrolysis) is 1. The van der Waals surface area contributed by atoms with Gasteiger partial charge in [0.2, 0.25) is 0 Å². The van der Waals surface area contributed by atoms with Crippen molar-refractivity contribution in [3.63, 3.8) is 0 Å². The lowest BCUT2D eigenvalue weighted by Crippen LogP contribution is -2.49. The minimum absolute atomic E-state index is 0.0210. The first-order chi connectivity index (χ1) is 13.8. The van der Waals surface area contributed by atoms with Crippen LogP contribution in [-0.4, -0.2) is 42.9 Å². The summed E-state index contributed by atoms with van der Waals surface area (Å²) >= 11 is 0. The molecule has 29 heavy (non-hydrogen) atoms. The van der Waals surface area contributed by atoms with Gasteiger partial charge in [0.1, 0.15) is 17.7 Å². The Morgan fingerprint density at radius 1 is 1.03 bits per heavy atom. The van der Waals surface area contributed by atoms with Crippen LogP contribution in [0.25, 0.3) is 0 Å². The predicted molar refractivity (Wildman–Crippen MR) is 117 cm³/mol. The van der Waals surface area contributed by atoms with Gasteiger partial charge in [-0.05, 0) is 52.9 Å². The van der Waals surface area contributed by atoms with Gasteiger partial charge in [-0.15, -0.1) is 0 Å². The first-order valence-corrected chi connectivity index (χ1v) is 11.7. The molecule has 0 aromatic rings. The number of hydrogen-bond acceptors (Lipinski definition) is 5. The molecule has 2 N–H and O–H groups in total. The van der Waals surface area contributed by atoms with Gasteiger partial charge in [-0.2, -0.15) is 0 Å². The molecule has 1 heterocycles. The third-order valence-electron chi connectivity index (χ3n) is 5.13. The smallest absolute Gasteiger partial charge is 0.407 e. The summed E-state index contributed by atoms with van der Waals surface area (Å²) in [5, 5.41) is 6.08. The molecule has 2 atom stereocenters. The summed E-state index contributed by atoms with van der Waals surface area (Å²) in [6.45, 7) is 9.08. The zero-order valence-corrected chi connectivity index (χ0v) is 19.2. The number of unbranched alkanes of at least 4 members (excludes halogenated alkanes) is 8. The number of esters is 1. The number of nitrogens with one attached hydrogen (secondary N) is 2. The number of carbonyl (C=O) groups excluding carboxylic acids is 2. The second kappa shape index (κ2) is 14.6. The van der Waals surface area contributed by atoms with Gasteiger partial charge in [0.05, 0.1) is 0 Å². The highest BCUT2D eigenvalue weighted by molar-refractivity contribution is 5.76. The van der Waals surface area contributed by atoms with E-state index in [4.69, 9.17) is 9.47 Å². The largest absolute Gasteiger partial charge is 0.460 e. The van der Waals surface area contributed by atoms with Crippen LogP contribution in [0, 0.1) is 0 Å². The topological polar surface area (TPSA) is 76.7 Å². The first-order valence-electron chi connectivity index (χ1n) is 11.7. The van der Waals surface area contributed by atoms with Crippen LogP contribution in [0.4, 0.5) is 4.79 Å². The Balaban J connectivity index is 2.02. The van der Waals surface area contributed by atoms with Crippen molar-refractivity contribution in [3.05, 3.63) is 0 Å². The molecule has 1 aliphatic heterocycles. The number of amides is 1. The van der Waals surface area contributed by atoms with E-state index in [0.29, 0.717) is 6.54 Å². The molecule has 0 spiro atoms. The fraction of sp³-hybridized carbons (Fsp3) is 0.913. The van der Waals surface area contributed by atoms with Crippen LogP contribution in [0.5, 0.6) is 0 Å². The fourth-order valence-corrected chi connectivity index (χ4v) is 3.51. The van der Waals surface area contributed by atoms with E-state index in [9.17, 15) is 9.59 Å². The molecular weight excluding hydrogens is 368 g/mol. The fourth-order valence-electron chi connectivity index (χ4n) is 3.51. The minimum Gasteiger partial charge on any atom is -0.460 e. The molecular formula is C23H44N2O4. The van der Waals surface area contributed by atoms with Crippen LogP contribution in [0.2, 0.25) is 0 Å². The Morgan fingerprint density at radius 2 is 1.66 bits per heavy atom. The molecule has 170 valence electrons. The number of cyclic esters (lactones) is 1. The molecule has 1 amide bonds. The molecule has 0 bridgehead atoms. The molecule has 0 aromatic carbocycles. The molecule has 6 nitrogen and oxygen atoms in total. The van der Waals surface area contributed by atoms with Crippen molar-refractivity contribution in [1.29, 1.82) is 0 Å². The molecule has 1 aliphatic rings. The number of hydrogen-bond donors (Lipinski definition) is 2. The summed E-state index contributed by atoms with van der Waals surface area (Å²) in [6.07, 6.45) is 13.3. The van der Waals surface area contributed by atoms with Crippen molar-refractivity contribution in [1.82, 2.24) is 10.6 Å². The summed E-state index contributed by atoms with van der Waals surface area (Å²) in [5.74, 6) is -0.124. The summed E-state index contributed by atoms with van der Waals surface area (Å²) in [5.41, 5.74) is -0.481. The molecule has 0 radical (unpaired) electrons. The molecule has 2 unspecified atom stereocenters. The maximum Gasteiger partial charge on any atom is 0.407 e. The highest BCUT2D eigenvalue weighted by atomic mass is 16.6. The van der Waals surface area contributed by atoms with Crippen LogP contribution < -0.4 is 10.6 Å². The molecule has 1 saturated heterocycles. The van der Waals surface area contributed by atoms with Crippen LogP contribution >= 0.6 is 0 Å². The lowest BCUT2D eigenvalue weighted by atomic mass is 10.0. The molecule has 0 aromatic heterocycles. The quantitative estimate of drug-likeness (QED) is 0.307. The van der Waals surface area contributed by atoms with E-state index in [1.807, 2.05) is 20.8 Å². The molecule has 6 heteroatoms. The average Bonchev–Trinajstić information content (AvgIpc) is 2.63. The number of morpholine rings is 1. The van der Waals surface area contributed by atoms with Gasteiger partial charge < -0.3 is 20.1 Å². The Labute approximate surface area is 177 Å². The van der Waals surface area contributed by atoms with E-state index in [0.717, 1.165) is 38.6 Å². The normalized spacial score (nSPS) is 19.7. The van der Waals surface area contributed by atoms with Crippen LogP contribution in [0.3, 0.4) is 0 Å². The predicted octanol–water partition coefficient (Wildman–Crippen LogP) is 5.10. The summed E-state index contributed by atoms with van der Waals surface area (Å²) < 4.78 is 10.8. The summed E-state index contributed by atoms with van der Waals surface area (Å²) in [7, 11) is 0. The minimum atomic E-state index is -0.481. The van der Waals surface area contributed by atoms with Gasteiger partial charge in [0.15, 0.2) is 0 Å². The van der Waals surface area contributed by atoms with Gasteiger partial charge in [-0.3, -0.25) is 4.79 Å². The third kappa shape index (κ3) is 13.5. The molecule has 1 rings (SSSR count). The van der Waals surface area contributed by atoms with Crippen molar-refractivity contribution >= 4 is 12.1 Å². The maximum atomic E-state index is 12.2. The number of rotatable bonds is 14. The number of ether oxygens (including phenoxy) is 2. The Kier molecular flexibility index (Phi) is 13.0. The van der Waals surface area contributed by atoms with E-state index in [1.54, 1.807) is 0 Å². The van der Waals surface area contributed by atoms with Gasteiger partial charge >= 0.3 is 12.1 Å². The van der Waals surface area contributed by atoms with Crippen LogP contribution in [-0.2, 0) is 14.3 Å². The van der Waals surface area contributed by atoms with Crippen molar-refractivity contribution < 1.29 is 19.1 Å². The van der Waals surface area contributed by atoms with E-state index < -0.39 is 11.7 Å². The lowest BCUT2D eigenvalue weighted by molar-refractivity contribution is -0.157. The van der Waals surface area contributed by atoms with Crippen molar-refractivity contribution in [2.45, 2.75) is 122 Å². The first kappa shape index (κ1) is 25.7. The highest BCUT2D eigenvalue weighted by Gasteiger charge is 2.28. The van der Waals surface area contributed by atoms with Crippen molar-refractivity contribution in [3.8, 4) is 0 Å². The standard InChI is InChI=1S/C23H44N2O4/c1-5-6-7-8-9-10-11-12-15-19-18-25-20(21(26)28-19)16-13-14-17-24-22(27)29-23(2,3)4/h19-20,25H,5-18H2,1-4H3,(H,24,27). The summed E-state index contributed by atoms with van der Waals surface area (Å²) in [4.78, 5) is 23.8. The van der Waals surface area contributed by atoms with Crippen molar-refractivity contribution in [2.24, 2.45) is 0 Å². The molecule has 0 saturated carbocycles. The Bertz CT molecular complexity index is 462.